The quantitative estimate of drug-likeness (QED) is 0.216. The molecule has 2 aromatic heterocycles. The van der Waals surface area contributed by atoms with Crippen molar-refractivity contribution in [3.63, 3.8) is 0 Å². The van der Waals surface area contributed by atoms with Gasteiger partial charge in [-0.25, -0.2) is 9.37 Å². The lowest BCUT2D eigenvalue weighted by molar-refractivity contribution is -0.137. The smallest absolute Gasteiger partial charge is 0.421 e. The molecular weight excluding hydrogens is 544 g/mol. The van der Waals surface area contributed by atoms with E-state index in [4.69, 9.17) is 4.74 Å². The Morgan fingerprint density at radius 3 is 2.71 bits per heavy atom. The van der Waals surface area contributed by atoms with Crippen LogP contribution in [-0.2, 0) is 11.0 Å². The first-order chi connectivity index (χ1) is 19.6. The predicted molar refractivity (Wildman–Crippen MR) is 149 cm³/mol. The van der Waals surface area contributed by atoms with Crippen molar-refractivity contribution in [1.29, 1.82) is 0 Å². The standard InChI is InChI=1S/C27H30F4N8O2/c1-4-23(40)33-17-6-5-7-18(14-17)34-24-20(27(29,30)31)15-32-26(37-24)35-21-8-9-22(36-25(21)41-3)38(2)19-10-12-39(16-19)13-11-28/h4-9,14-15,19H,1,10-13,16H2,2-3H3,(H,33,40)(H2,32,34,35,37). The number of likely N-dealkylation sites (N-methyl/N-ethyl adjacent to an activating group) is 1. The van der Waals surface area contributed by atoms with Gasteiger partial charge in [-0.1, -0.05) is 12.6 Å². The first-order valence-electron chi connectivity index (χ1n) is 12.7. The molecule has 1 unspecified atom stereocenters. The number of amides is 1. The summed E-state index contributed by atoms with van der Waals surface area (Å²) in [5, 5.41) is 8.09. The van der Waals surface area contributed by atoms with Gasteiger partial charge in [-0.3, -0.25) is 9.69 Å². The number of halogens is 4. The number of hydrogen-bond acceptors (Lipinski definition) is 9. The summed E-state index contributed by atoms with van der Waals surface area (Å²) in [6.45, 7) is 4.88. The lowest BCUT2D eigenvalue weighted by Gasteiger charge is -2.26. The molecular formula is C27H30F4N8O2. The van der Waals surface area contributed by atoms with Crippen LogP contribution in [0.1, 0.15) is 12.0 Å². The number of hydrogen-bond donors (Lipinski definition) is 3. The van der Waals surface area contributed by atoms with Gasteiger partial charge in [0.25, 0.3) is 0 Å². The van der Waals surface area contributed by atoms with Crippen molar-refractivity contribution < 1.29 is 27.1 Å². The number of likely N-dealkylation sites (tertiary alicyclic amines) is 1. The fourth-order valence-electron chi connectivity index (χ4n) is 4.39. The highest BCUT2D eigenvalue weighted by atomic mass is 19.4. The Morgan fingerprint density at radius 1 is 1.22 bits per heavy atom. The largest absolute Gasteiger partial charge is 0.479 e. The molecule has 0 spiro atoms. The topological polar surface area (TPSA) is 108 Å². The van der Waals surface area contributed by atoms with E-state index >= 15 is 0 Å². The molecule has 3 heterocycles. The Balaban J connectivity index is 1.56. The number of benzene rings is 1. The molecule has 1 aliphatic rings. The van der Waals surface area contributed by atoms with E-state index in [-0.39, 0.29) is 23.6 Å². The van der Waals surface area contributed by atoms with Crippen molar-refractivity contribution in [3.05, 3.63) is 60.8 Å². The van der Waals surface area contributed by atoms with Gasteiger partial charge in [-0.2, -0.15) is 23.1 Å². The summed E-state index contributed by atoms with van der Waals surface area (Å²) >= 11 is 0. The predicted octanol–water partition coefficient (Wildman–Crippen LogP) is 4.99. The monoisotopic (exact) mass is 574 g/mol. The Bertz CT molecular complexity index is 1390. The number of nitrogens with zero attached hydrogens (tertiary/aromatic N) is 5. The molecule has 0 bridgehead atoms. The van der Waals surface area contributed by atoms with Crippen LogP contribution >= 0.6 is 0 Å². The number of carbonyl (C=O) groups is 1. The molecule has 1 amide bonds. The highest BCUT2D eigenvalue weighted by Crippen LogP contribution is 2.36. The van der Waals surface area contributed by atoms with Crippen molar-refractivity contribution in [2.24, 2.45) is 0 Å². The lowest BCUT2D eigenvalue weighted by Crippen LogP contribution is -2.35. The number of carbonyl (C=O) groups excluding carboxylic acids is 1. The molecule has 4 rings (SSSR count). The fourth-order valence-corrected chi connectivity index (χ4v) is 4.39. The first-order valence-corrected chi connectivity index (χ1v) is 12.7. The number of pyridine rings is 1. The number of methoxy groups -OCH3 is 1. The average Bonchev–Trinajstić information content (AvgIpc) is 3.41. The number of rotatable bonds is 11. The molecule has 0 radical (unpaired) electrons. The summed E-state index contributed by atoms with van der Waals surface area (Å²) in [4.78, 5) is 28.1. The first kappa shape index (κ1) is 29.5. The molecule has 10 nitrogen and oxygen atoms in total. The van der Waals surface area contributed by atoms with Gasteiger partial charge in [0.05, 0.1) is 7.11 Å². The Kier molecular flexibility index (Phi) is 9.22. The minimum atomic E-state index is -4.74. The number of aromatic nitrogens is 3. The molecule has 41 heavy (non-hydrogen) atoms. The van der Waals surface area contributed by atoms with Gasteiger partial charge in [0.1, 0.15) is 29.6 Å². The number of anilines is 6. The summed E-state index contributed by atoms with van der Waals surface area (Å²) < 4.78 is 59.5. The van der Waals surface area contributed by atoms with Crippen LogP contribution in [0.5, 0.6) is 5.88 Å². The van der Waals surface area contributed by atoms with Gasteiger partial charge in [0.15, 0.2) is 0 Å². The van der Waals surface area contributed by atoms with E-state index in [1.54, 1.807) is 24.3 Å². The Labute approximate surface area is 234 Å². The zero-order valence-corrected chi connectivity index (χ0v) is 22.5. The second-order valence-electron chi connectivity index (χ2n) is 9.25. The van der Waals surface area contributed by atoms with Crippen LogP contribution in [0.25, 0.3) is 0 Å². The molecule has 1 atom stereocenters. The summed E-state index contributed by atoms with van der Waals surface area (Å²) in [6.07, 6.45) is -2.12. The number of nitrogens with one attached hydrogen (secondary N) is 3. The van der Waals surface area contributed by atoms with E-state index in [9.17, 15) is 22.4 Å². The summed E-state index contributed by atoms with van der Waals surface area (Å²) in [5.41, 5.74) is -0.126. The van der Waals surface area contributed by atoms with Gasteiger partial charge >= 0.3 is 6.18 Å². The van der Waals surface area contributed by atoms with E-state index in [2.05, 4.69) is 42.4 Å². The molecule has 14 heteroatoms. The molecule has 0 aliphatic carbocycles. The zero-order valence-electron chi connectivity index (χ0n) is 22.5. The Morgan fingerprint density at radius 2 is 2.00 bits per heavy atom. The van der Waals surface area contributed by atoms with E-state index in [1.165, 1.54) is 19.2 Å². The second kappa shape index (κ2) is 12.8. The minimum absolute atomic E-state index is 0.129. The van der Waals surface area contributed by atoms with Crippen molar-refractivity contribution in [2.75, 3.05) is 61.3 Å². The summed E-state index contributed by atoms with van der Waals surface area (Å²) in [7, 11) is 3.32. The molecule has 1 saturated heterocycles. The van der Waals surface area contributed by atoms with E-state index < -0.39 is 30.1 Å². The molecule has 3 aromatic rings. The maximum absolute atomic E-state index is 13.8. The Hall–Kier alpha value is -4.46. The summed E-state index contributed by atoms with van der Waals surface area (Å²) in [6, 6.07) is 9.70. The normalized spacial score (nSPS) is 15.3. The van der Waals surface area contributed by atoms with Crippen LogP contribution in [0.2, 0.25) is 0 Å². The average molecular weight is 575 g/mol. The molecule has 1 fully saturated rings. The number of ether oxygens (including phenoxy) is 1. The lowest BCUT2D eigenvalue weighted by atomic mass is 10.2. The van der Waals surface area contributed by atoms with Gasteiger partial charge < -0.3 is 25.6 Å². The maximum Gasteiger partial charge on any atom is 0.421 e. The van der Waals surface area contributed by atoms with Crippen LogP contribution in [0, 0.1) is 0 Å². The number of alkyl halides is 4. The molecule has 218 valence electrons. The van der Waals surface area contributed by atoms with Crippen LogP contribution in [-0.4, -0.2) is 72.3 Å². The van der Waals surface area contributed by atoms with E-state index in [1.807, 2.05) is 11.9 Å². The van der Waals surface area contributed by atoms with Crippen molar-refractivity contribution >= 4 is 40.6 Å². The van der Waals surface area contributed by atoms with Gasteiger partial charge in [-0.05, 0) is 42.8 Å². The fraction of sp³-hybridized carbons (Fsp3) is 0.333. The molecule has 1 aliphatic heterocycles. The highest BCUT2D eigenvalue weighted by molar-refractivity contribution is 5.99. The highest BCUT2D eigenvalue weighted by Gasteiger charge is 2.35. The van der Waals surface area contributed by atoms with Gasteiger partial charge in [0, 0.05) is 50.3 Å². The zero-order chi connectivity index (χ0) is 29.6. The van der Waals surface area contributed by atoms with E-state index in [0.29, 0.717) is 36.5 Å². The van der Waals surface area contributed by atoms with E-state index in [0.717, 1.165) is 19.0 Å². The van der Waals surface area contributed by atoms with Gasteiger partial charge in [0.2, 0.25) is 17.7 Å². The SMILES string of the molecule is C=CC(=O)Nc1cccc(Nc2nc(Nc3ccc(N(C)C4CCN(CCF)C4)nc3OC)ncc2C(F)(F)F)c1. The van der Waals surface area contributed by atoms with Crippen LogP contribution in [0.3, 0.4) is 0 Å². The summed E-state index contributed by atoms with van der Waals surface area (Å²) in [5.74, 6) is -0.274. The van der Waals surface area contributed by atoms with Crippen LogP contribution in [0.4, 0.5) is 52.2 Å². The van der Waals surface area contributed by atoms with Crippen LogP contribution in [0.15, 0.2) is 55.3 Å². The second-order valence-corrected chi connectivity index (χ2v) is 9.25. The van der Waals surface area contributed by atoms with Gasteiger partial charge in [-0.15, -0.1) is 0 Å². The van der Waals surface area contributed by atoms with Crippen molar-refractivity contribution in [1.82, 2.24) is 19.9 Å². The third-order valence-corrected chi connectivity index (χ3v) is 6.52. The third kappa shape index (κ3) is 7.39. The van der Waals surface area contributed by atoms with Crippen molar-refractivity contribution in [3.8, 4) is 5.88 Å². The maximum atomic E-state index is 13.8. The molecule has 1 aromatic carbocycles. The molecule has 0 saturated carbocycles. The van der Waals surface area contributed by atoms with Crippen molar-refractivity contribution in [2.45, 2.75) is 18.6 Å². The molecule has 3 N–H and O–H groups in total. The van der Waals surface area contributed by atoms with Crippen LogP contribution < -0.4 is 25.6 Å². The minimum Gasteiger partial charge on any atom is -0.479 e. The third-order valence-electron chi connectivity index (χ3n) is 6.52.